The van der Waals surface area contributed by atoms with E-state index in [-0.39, 0.29) is 17.6 Å². The third-order valence-corrected chi connectivity index (χ3v) is 6.40. The zero-order valence-corrected chi connectivity index (χ0v) is 22.1. The van der Waals surface area contributed by atoms with Crippen LogP contribution in [0, 0.1) is 0 Å². The molecule has 0 heterocycles. The summed E-state index contributed by atoms with van der Waals surface area (Å²) in [4.78, 5) is 37.5. The number of carbonyl (C=O) groups is 2. The van der Waals surface area contributed by atoms with E-state index in [0.717, 1.165) is 5.56 Å². The predicted octanol–water partition coefficient (Wildman–Crippen LogP) is 6.30. The van der Waals surface area contributed by atoms with Crippen molar-refractivity contribution < 1.29 is 9.59 Å². The Morgan fingerprint density at radius 3 is 2.23 bits per heavy atom. The first-order valence-corrected chi connectivity index (χ1v) is 12.5. The van der Waals surface area contributed by atoms with Gasteiger partial charge in [0.05, 0.1) is 23.0 Å². The molecular formula is C29H40N4O2. The number of allylic oxidation sites excluding steroid dienone is 2. The van der Waals surface area contributed by atoms with Crippen molar-refractivity contribution >= 4 is 29.2 Å². The van der Waals surface area contributed by atoms with Crippen LogP contribution in [0.3, 0.4) is 0 Å². The molecule has 1 fully saturated rings. The van der Waals surface area contributed by atoms with Gasteiger partial charge < -0.3 is 5.32 Å². The lowest BCUT2D eigenvalue weighted by atomic mass is 9.83. The van der Waals surface area contributed by atoms with Crippen molar-refractivity contribution in [1.82, 2.24) is 5.32 Å². The molecule has 1 aliphatic carbocycles. The number of hydrogen-bond donors (Lipinski definition) is 1. The van der Waals surface area contributed by atoms with Crippen LogP contribution in [0.2, 0.25) is 0 Å². The molecule has 0 bridgehead atoms. The van der Waals surface area contributed by atoms with E-state index in [1.807, 2.05) is 20.8 Å². The Balaban J connectivity index is 2.36. The van der Waals surface area contributed by atoms with Gasteiger partial charge in [-0.1, -0.05) is 43.5 Å². The molecule has 0 aliphatic heterocycles. The number of nitrogens with one attached hydrogen (secondary N) is 1. The molecule has 0 radical (unpaired) electrons. The van der Waals surface area contributed by atoms with E-state index in [1.165, 1.54) is 44.6 Å². The normalized spacial score (nSPS) is 17.5. The van der Waals surface area contributed by atoms with Gasteiger partial charge in [0, 0.05) is 37.8 Å². The van der Waals surface area contributed by atoms with Crippen LogP contribution in [0.5, 0.6) is 0 Å². The van der Waals surface area contributed by atoms with Gasteiger partial charge in [-0.05, 0) is 64.5 Å². The molecule has 2 rings (SSSR count). The second kappa shape index (κ2) is 14.3. The smallest absolute Gasteiger partial charge is 0.163 e. The maximum Gasteiger partial charge on any atom is 0.163 e. The topological polar surface area (TPSA) is 83.2 Å². The molecule has 1 saturated carbocycles. The summed E-state index contributed by atoms with van der Waals surface area (Å²) in [5.41, 5.74) is 4.67. The Labute approximate surface area is 210 Å². The van der Waals surface area contributed by atoms with Gasteiger partial charge in [-0.2, -0.15) is 0 Å². The van der Waals surface area contributed by atoms with E-state index >= 15 is 0 Å². The van der Waals surface area contributed by atoms with Gasteiger partial charge in [0.25, 0.3) is 0 Å². The Morgan fingerprint density at radius 1 is 1.03 bits per heavy atom. The Bertz CT molecular complexity index is 1020. The number of ketones is 2. The Kier molecular flexibility index (Phi) is 11.5. The van der Waals surface area contributed by atoms with E-state index in [0.29, 0.717) is 35.0 Å². The zero-order valence-electron chi connectivity index (χ0n) is 22.1. The number of nitrogens with zero attached hydrogens (tertiary/aromatic N) is 3. The Morgan fingerprint density at radius 2 is 1.69 bits per heavy atom. The minimum atomic E-state index is -0.239. The van der Waals surface area contributed by atoms with E-state index in [9.17, 15) is 9.59 Å². The van der Waals surface area contributed by atoms with Crippen molar-refractivity contribution in [2.24, 2.45) is 15.0 Å². The largest absolute Gasteiger partial charge is 0.381 e. The fourth-order valence-electron chi connectivity index (χ4n) is 4.70. The van der Waals surface area contributed by atoms with Crippen molar-refractivity contribution in [1.29, 1.82) is 0 Å². The maximum absolute atomic E-state index is 12.7. The van der Waals surface area contributed by atoms with Crippen molar-refractivity contribution in [2.75, 3.05) is 7.05 Å². The summed E-state index contributed by atoms with van der Waals surface area (Å²) < 4.78 is 0. The van der Waals surface area contributed by atoms with Crippen LogP contribution >= 0.6 is 0 Å². The lowest BCUT2D eigenvalue weighted by molar-refractivity contribution is -0.117. The molecule has 6 heteroatoms. The van der Waals surface area contributed by atoms with Crippen LogP contribution in [0.4, 0.5) is 0 Å². The highest BCUT2D eigenvalue weighted by molar-refractivity contribution is 6.53. The maximum atomic E-state index is 12.7. The lowest BCUT2D eigenvalue weighted by Crippen LogP contribution is -2.28. The van der Waals surface area contributed by atoms with Crippen molar-refractivity contribution in [3.05, 3.63) is 59.1 Å². The van der Waals surface area contributed by atoms with Crippen LogP contribution in [0.1, 0.15) is 96.2 Å². The second-order valence-electron chi connectivity index (χ2n) is 9.15. The van der Waals surface area contributed by atoms with Gasteiger partial charge in [-0.15, -0.1) is 0 Å². The number of rotatable bonds is 11. The fourth-order valence-corrected chi connectivity index (χ4v) is 4.70. The highest BCUT2D eigenvalue weighted by atomic mass is 16.1. The van der Waals surface area contributed by atoms with Gasteiger partial charge >= 0.3 is 0 Å². The fraction of sp³-hybridized carbons (Fsp3) is 0.483. The van der Waals surface area contributed by atoms with E-state index in [1.54, 1.807) is 32.6 Å². The summed E-state index contributed by atoms with van der Waals surface area (Å²) >= 11 is 0. The first kappa shape index (κ1) is 28.1. The van der Waals surface area contributed by atoms with Crippen LogP contribution in [-0.2, 0) is 9.59 Å². The zero-order chi connectivity index (χ0) is 25.8. The molecule has 0 spiro atoms. The van der Waals surface area contributed by atoms with Crippen molar-refractivity contribution in [3.8, 4) is 0 Å². The molecule has 0 aromatic heterocycles. The number of Topliss-reactive ketones (excluding diaryl/α,β-unsaturated/α-hetero) is 2. The molecule has 1 N–H and O–H groups in total. The van der Waals surface area contributed by atoms with Gasteiger partial charge in [0.15, 0.2) is 5.78 Å². The summed E-state index contributed by atoms with van der Waals surface area (Å²) in [6.45, 7) is 8.62. The molecule has 188 valence electrons. The van der Waals surface area contributed by atoms with Crippen molar-refractivity contribution in [2.45, 2.75) is 85.1 Å². The van der Waals surface area contributed by atoms with Gasteiger partial charge in [0.1, 0.15) is 5.78 Å². The highest BCUT2D eigenvalue weighted by Crippen LogP contribution is 2.33. The third kappa shape index (κ3) is 8.53. The second-order valence-corrected chi connectivity index (χ2v) is 9.15. The predicted molar refractivity (Wildman–Crippen MR) is 147 cm³/mol. The molecule has 1 aromatic carbocycles. The van der Waals surface area contributed by atoms with Crippen molar-refractivity contribution in [3.63, 3.8) is 0 Å². The molecule has 35 heavy (non-hydrogen) atoms. The molecule has 6 nitrogen and oxygen atoms in total. The standard InChI is InChI=1S/C29H40N4O2/c1-7-31-17-18-32-22(4)29(30-6)28(23(5)35)21(3)33-27(19-20(2)34)26-15-13-25(14-16-26)24-11-9-8-10-12-24/h7,13-18,24,27,33H,8-12,19H2,1-6H3/b18-17-,28-21+,30-29?,31-7?,32-22?. The highest BCUT2D eigenvalue weighted by Gasteiger charge is 2.22. The SMILES string of the molecule is CC=N/C=C\N=C(C)C(=NC)/C(C(C)=O)=C(\C)NC(CC(C)=O)c1ccc(C2CCCCC2)cc1. The number of aliphatic imine (C=N–C) groups is 3. The van der Waals surface area contributed by atoms with Crippen LogP contribution in [-0.4, -0.2) is 36.3 Å². The molecule has 1 atom stereocenters. The minimum Gasteiger partial charge on any atom is -0.381 e. The summed E-state index contributed by atoms with van der Waals surface area (Å²) in [5.74, 6) is 0.598. The molecule has 0 saturated heterocycles. The molecule has 1 aliphatic rings. The molecule has 0 amide bonds. The summed E-state index contributed by atoms with van der Waals surface area (Å²) in [5, 5.41) is 3.45. The Hall–Kier alpha value is -3.15. The van der Waals surface area contributed by atoms with Gasteiger partial charge in [-0.3, -0.25) is 24.6 Å². The molecular weight excluding hydrogens is 436 g/mol. The number of benzene rings is 1. The summed E-state index contributed by atoms with van der Waals surface area (Å²) in [7, 11) is 1.65. The van der Waals surface area contributed by atoms with Gasteiger partial charge in [-0.25, -0.2) is 0 Å². The average Bonchev–Trinajstić information content (AvgIpc) is 2.84. The molecule has 1 aromatic rings. The summed E-state index contributed by atoms with van der Waals surface area (Å²) in [6.07, 6.45) is 11.6. The number of carbonyl (C=O) groups excluding carboxylic acids is 2. The minimum absolute atomic E-state index is 0.0831. The first-order chi connectivity index (χ1) is 16.8. The monoisotopic (exact) mass is 476 g/mol. The van der Waals surface area contributed by atoms with E-state index in [2.05, 4.69) is 44.6 Å². The van der Waals surface area contributed by atoms with E-state index < -0.39 is 0 Å². The molecule has 1 unspecified atom stereocenters. The van der Waals surface area contributed by atoms with Crippen LogP contribution in [0.25, 0.3) is 0 Å². The number of hydrogen-bond acceptors (Lipinski definition) is 6. The van der Waals surface area contributed by atoms with Crippen LogP contribution < -0.4 is 5.32 Å². The van der Waals surface area contributed by atoms with E-state index in [4.69, 9.17) is 0 Å². The van der Waals surface area contributed by atoms with Gasteiger partial charge in [0.2, 0.25) is 0 Å². The lowest BCUT2D eigenvalue weighted by Gasteiger charge is -2.24. The van der Waals surface area contributed by atoms with Crippen LogP contribution in [0.15, 0.2) is 62.9 Å². The average molecular weight is 477 g/mol. The quantitative estimate of drug-likeness (QED) is 0.300. The third-order valence-electron chi connectivity index (χ3n) is 6.40. The first-order valence-electron chi connectivity index (χ1n) is 12.5. The summed E-state index contributed by atoms with van der Waals surface area (Å²) in [6, 6.07) is 8.39.